The Balaban J connectivity index is 0.000000982. The smallest absolute Gasteiger partial charge is 0.308 e. The van der Waals surface area contributed by atoms with E-state index in [1.807, 2.05) is 32.0 Å². The van der Waals surface area contributed by atoms with Crippen LogP contribution in [-0.2, 0) is 16.0 Å². The molecule has 0 fully saturated rings. The van der Waals surface area contributed by atoms with Gasteiger partial charge in [-0.25, -0.2) is 0 Å². The lowest BCUT2D eigenvalue weighted by Crippen LogP contribution is -2.14. The van der Waals surface area contributed by atoms with Gasteiger partial charge in [0.05, 0.1) is 18.9 Å². The second-order valence-electron chi connectivity index (χ2n) is 4.21. The third-order valence-corrected chi connectivity index (χ3v) is 2.63. The number of benzene rings is 1. The molecule has 0 aliphatic carbocycles. The maximum atomic E-state index is 11.4. The van der Waals surface area contributed by atoms with Crippen molar-refractivity contribution in [3.63, 3.8) is 0 Å². The molecule has 0 saturated heterocycles. The van der Waals surface area contributed by atoms with Crippen LogP contribution in [0.3, 0.4) is 0 Å². The van der Waals surface area contributed by atoms with Gasteiger partial charge in [0.1, 0.15) is 0 Å². The van der Waals surface area contributed by atoms with Gasteiger partial charge >= 0.3 is 5.97 Å². The summed E-state index contributed by atoms with van der Waals surface area (Å²) >= 11 is 0. The molecule has 0 aliphatic rings. The minimum absolute atomic E-state index is 0.0173. The topological polar surface area (TPSA) is 46.5 Å². The van der Waals surface area contributed by atoms with E-state index < -0.39 is 0 Å². The molecule has 1 aromatic rings. The summed E-state index contributed by atoms with van der Waals surface area (Å²) in [6, 6.07) is 10.4. The van der Waals surface area contributed by atoms with E-state index in [-0.39, 0.29) is 18.2 Å². The lowest BCUT2D eigenvalue weighted by molar-refractivity contribution is -0.147. The summed E-state index contributed by atoms with van der Waals surface area (Å²) < 4.78 is 4.97. The van der Waals surface area contributed by atoms with Crippen molar-refractivity contribution in [3.05, 3.63) is 35.9 Å². The van der Waals surface area contributed by atoms with Crippen molar-refractivity contribution in [2.75, 3.05) is 13.0 Å². The number of carbonyl (C=O) groups is 1. The predicted octanol–water partition coefficient (Wildman–Crippen LogP) is 3.02. The average Bonchev–Trinajstić information content (AvgIpc) is 2.41. The molecule has 0 spiro atoms. The van der Waals surface area contributed by atoms with Gasteiger partial charge in [0.2, 0.25) is 0 Å². The molecule has 4 heteroatoms. The normalized spacial score (nSPS) is 11.2. The number of hydrogen-bond donors (Lipinski definition) is 1. The highest BCUT2D eigenvalue weighted by Crippen LogP contribution is 2.11. The Hall–Kier alpha value is -0.920. The van der Waals surface area contributed by atoms with Gasteiger partial charge in [-0.2, -0.15) is 0 Å². The number of aryl methyl sites for hydroxylation is 1. The lowest BCUT2D eigenvalue weighted by Gasteiger charge is -2.09. The van der Waals surface area contributed by atoms with E-state index in [9.17, 15) is 4.79 Å². The van der Waals surface area contributed by atoms with Crippen molar-refractivity contribution >= 4 is 15.2 Å². The minimum Gasteiger partial charge on any atom is -0.466 e. The van der Waals surface area contributed by atoms with Crippen molar-refractivity contribution < 1.29 is 14.6 Å². The monoisotopic (exact) mass is 284 g/mol. The van der Waals surface area contributed by atoms with E-state index in [0.29, 0.717) is 6.61 Å². The highest BCUT2D eigenvalue weighted by molar-refractivity contribution is 7.16. The number of esters is 1. The van der Waals surface area contributed by atoms with E-state index in [1.54, 1.807) is 0 Å². The van der Waals surface area contributed by atoms with Crippen LogP contribution in [0.15, 0.2) is 30.3 Å². The Bertz CT molecular complexity index is 327. The molecule has 108 valence electrons. The highest BCUT2D eigenvalue weighted by atomic mass is 31.0. The molecule has 1 N–H and O–H groups in total. The Morgan fingerprint density at radius 3 is 2.47 bits per heavy atom. The Morgan fingerprint density at radius 2 is 1.95 bits per heavy atom. The fraction of sp³-hybridized carbons (Fsp3) is 0.533. The summed E-state index contributed by atoms with van der Waals surface area (Å²) in [4.78, 5) is 11.4. The molecule has 0 bridgehead atoms. The van der Waals surface area contributed by atoms with Gasteiger partial charge in [0, 0.05) is 0 Å². The highest BCUT2D eigenvalue weighted by Gasteiger charge is 2.12. The van der Waals surface area contributed by atoms with Gasteiger partial charge in [-0.05, 0) is 31.7 Å². The second-order valence-corrected chi connectivity index (χ2v) is 4.58. The minimum atomic E-state index is -0.0736. The fourth-order valence-corrected chi connectivity index (χ4v) is 1.66. The molecule has 2 unspecified atom stereocenters. The van der Waals surface area contributed by atoms with Crippen LogP contribution < -0.4 is 0 Å². The fourth-order valence-electron chi connectivity index (χ4n) is 1.66. The van der Waals surface area contributed by atoms with Gasteiger partial charge in [0.15, 0.2) is 0 Å². The summed E-state index contributed by atoms with van der Waals surface area (Å²) in [7, 11) is 2.13. The van der Waals surface area contributed by atoms with Crippen LogP contribution in [0.5, 0.6) is 0 Å². The zero-order valence-electron chi connectivity index (χ0n) is 11.8. The molecule has 0 saturated carbocycles. The van der Waals surface area contributed by atoms with E-state index in [4.69, 9.17) is 9.84 Å². The Labute approximate surface area is 118 Å². The van der Waals surface area contributed by atoms with Gasteiger partial charge in [-0.1, -0.05) is 37.3 Å². The van der Waals surface area contributed by atoms with E-state index in [1.165, 1.54) is 5.56 Å². The number of rotatable bonds is 6. The largest absolute Gasteiger partial charge is 0.466 e. The lowest BCUT2D eigenvalue weighted by atomic mass is 10.0. The molecule has 19 heavy (non-hydrogen) atoms. The quantitative estimate of drug-likeness (QED) is 0.645. The van der Waals surface area contributed by atoms with Crippen molar-refractivity contribution in [2.24, 2.45) is 5.92 Å². The van der Waals surface area contributed by atoms with Gasteiger partial charge < -0.3 is 9.84 Å². The standard InChI is InChI=1S/C14H20O2.CH5OP/c1-3-16-14(15)12(2)8-7-11-13-9-5-4-6-10-13;2-1-3/h4-6,9-10,12H,3,7-8,11H2,1-2H3;2H,1,3H2. The van der Waals surface area contributed by atoms with Gasteiger partial charge in [-0.3, -0.25) is 4.79 Å². The number of carbonyl (C=O) groups excluding carboxylic acids is 1. The van der Waals surface area contributed by atoms with Crippen molar-refractivity contribution in [1.82, 2.24) is 0 Å². The summed E-state index contributed by atoms with van der Waals surface area (Å²) in [6.45, 7) is 4.25. The molecule has 3 nitrogen and oxygen atoms in total. The van der Waals surface area contributed by atoms with Crippen LogP contribution in [0.25, 0.3) is 0 Å². The molecule has 0 heterocycles. The first kappa shape index (κ1) is 18.1. The third-order valence-electron chi connectivity index (χ3n) is 2.63. The molecule has 0 amide bonds. The molecule has 0 aliphatic heterocycles. The van der Waals surface area contributed by atoms with Gasteiger partial charge in [0.25, 0.3) is 0 Å². The number of aliphatic hydroxyl groups is 1. The zero-order valence-corrected chi connectivity index (χ0v) is 13.0. The second kappa shape index (κ2) is 12.1. The molecule has 2 atom stereocenters. The molecular weight excluding hydrogens is 259 g/mol. The molecule has 0 radical (unpaired) electrons. The summed E-state index contributed by atoms with van der Waals surface area (Å²) in [5.41, 5.74) is 1.33. The summed E-state index contributed by atoms with van der Waals surface area (Å²) in [5.74, 6) is -0.0563. The summed E-state index contributed by atoms with van der Waals surface area (Å²) in [6.07, 6.45) is 3.13. The Kier molecular flexibility index (Phi) is 11.5. The Morgan fingerprint density at radius 1 is 1.37 bits per heavy atom. The number of hydrogen-bond acceptors (Lipinski definition) is 3. The van der Waals surface area contributed by atoms with Crippen LogP contribution in [-0.4, -0.2) is 24.0 Å². The zero-order chi connectivity index (χ0) is 14.5. The van der Waals surface area contributed by atoms with Crippen molar-refractivity contribution in [3.8, 4) is 0 Å². The van der Waals surface area contributed by atoms with Crippen LogP contribution in [0.1, 0.15) is 32.3 Å². The van der Waals surface area contributed by atoms with Crippen LogP contribution in [0, 0.1) is 5.92 Å². The molecule has 0 aromatic heterocycles. The predicted molar refractivity (Wildman–Crippen MR) is 82.0 cm³/mol. The number of ether oxygens (including phenoxy) is 1. The van der Waals surface area contributed by atoms with Crippen LogP contribution in [0.4, 0.5) is 0 Å². The van der Waals surface area contributed by atoms with Gasteiger partial charge in [-0.15, -0.1) is 9.24 Å². The first-order valence-electron chi connectivity index (χ1n) is 6.67. The molecule has 1 aromatic carbocycles. The molecule has 1 rings (SSSR count). The third kappa shape index (κ3) is 9.63. The number of aliphatic hydroxyl groups excluding tert-OH is 1. The maximum absolute atomic E-state index is 11.4. The van der Waals surface area contributed by atoms with Crippen LogP contribution in [0.2, 0.25) is 0 Å². The van der Waals surface area contributed by atoms with Crippen LogP contribution >= 0.6 is 9.24 Å². The van der Waals surface area contributed by atoms with Crippen molar-refractivity contribution in [2.45, 2.75) is 33.1 Å². The maximum Gasteiger partial charge on any atom is 0.308 e. The van der Waals surface area contributed by atoms with E-state index >= 15 is 0 Å². The van der Waals surface area contributed by atoms with E-state index in [0.717, 1.165) is 19.3 Å². The first-order chi connectivity index (χ1) is 9.15. The van der Waals surface area contributed by atoms with E-state index in [2.05, 4.69) is 21.4 Å². The SMILES string of the molecule is CCOC(=O)C(C)CCCc1ccccc1.OCP. The van der Waals surface area contributed by atoms with Crippen molar-refractivity contribution in [1.29, 1.82) is 0 Å². The average molecular weight is 284 g/mol. The molecular formula is C15H25O3P. The summed E-state index contributed by atoms with van der Waals surface area (Å²) in [5, 5.41) is 7.53. The first-order valence-corrected chi connectivity index (χ1v) is 7.48.